The van der Waals surface area contributed by atoms with Gasteiger partial charge in [-0.1, -0.05) is 12.1 Å². The average Bonchev–Trinajstić information content (AvgIpc) is 3.45. The maximum Gasteiger partial charge on any atom is 0.229 e. The van der Waals surface area contributed by atoms with Crippen LogP contribution in [0.4, 0.5) is 23.1 Å². The first-order valence-electron chi connectivity index (χ1n) is 11.4. The number of carbonyl (C=O) groups excluding carboxylic acids is 1. The van der Waals surface area contributed by atoms with E-state index in [0.717, 1.165) is 60.8 Å². The molecule has 0 saturated heterocycles. The second-order valence-corrected chi connectivity index (χ2v) is 8.68. The summed E-state index contributed by atoms with van der Waals surface area (Å²) in [6, 6.07) is 8.09. The number of nitrogens with zero attached hydrogens (tertiary/aromatic N) is 5. The molecule has 2 aromatic heterocycles. The summed E-state index contributed by atoms with van der Waals surface area (Å²) < 4.78 is 6.93. The van der Waals surface area contributed by atoms with Gasteiger partial charge in [-0.05, 0) is 43.9 Å². The third-order valence-electron chi connectivity index (χ3n) is 6.05. The number of aromatic nitrogens is 4. The summed E-state index contributed by atoms with van der Waals surface area (Å²) in [6.45, 7) is 4.95. The van der Waals surface area contributed by atoms with E-state index in [1.54, 1.807) is 13.3 Å². The van der Waals surface area contributed by atoms with Gasteiger partial charge in [-0.3, -0.25) is 9.48 Å². The highest BCUT2D eigenvalue weighted by Crippen LogP contribution is 2.32. The van der Waals surface area contributed by atoms with E-state index in [0.29, 0.717) is 19.1 Å². The lowest BCUT2D eigenvalue weighted by molar-refractivity contribution is -0.117. The van der Waals surface area contributed by atoms with Gasteiger partial charge >= 0.3 is 0 Å². The van der Waals surface area contributed by atoms with E-state index in [1.165, 1.54) is 5.56 Å². The molecule has 1 saturated carbocycles. The number of aryl methyl sites for hydroxylation is 1. The normalized spacial score (nSPS) is 14.9. The number of methoxy groups -OCH3 is 1. The maximum atomic E-state index is 12.1. The van der Waals surface area contributed by atoms with Crippen LogP contribution in [-0.2, 0) is 29.0 Å². The fourth-order valence-corrected chi connectivity index (χ4v) is 4.12. The minimum absolute atomic E-state index is 0.128. The Labute approximate surface area is 193 Å². The smallest absolute Gasteiger partial charge is 0.229 e. The van der Waals surface area contributed by atoms with Gasteiger partial charge in [-0.2, -0.15) is 10.1 Å². The van der Waals surface area contributed by atoms with Crippen molar-refractivity contribution < 1.29 is 9.53 Å². The van der Waals surface area contributed by atoms with Crippen LogP contribution in [0, 0.1) is 12.8 Å². The van der Waals surface area contributed by atoms with Crippen molar-refractivity contribution in [2.45, 2.75) is 39.3 Å². The zero-order chi connectivity index (χ0) is 22.8. The lowest BCUT2D eigenvalue weighted by Crippen LogP contribution is -2.21. The molecule has 1 aliphatic heterocycles. The number of benzene rings is 1. The minimum atomic E-state index is 0.128. The molecule has 2 aliphatic rings. The van der Waals surface area contributed by atoms with Crippen molar-refractivity contribution in [2.24, 2.45) is 5.92 Å². The van der Waals surface area contributed by atoms with Gasteiger partial charge in [-0.15, -0.1) is 0 Å². The highest BCUT2D eigenvalue weighted by Gasteiger charge is 2.29. The lowest BCUT2D eigenvalue weighted by atomic mass is 10.2. The molecule has 3 heterocycles. The Morgan fingerprint density at radius 2 is 2.12 bits per heavy atom. The molecule has 0 unspecified atom stereocenters. The van der Waals surface area contributed by atoms with Crippen molar-refractivity contribution in [3.63, 3.8) is 0 Å². The van der Waals surface area contributed by atoms with E-state index in [2.05, 4.69) is 37.7 Å². The number of amides is 1. The van der Waals surface area contributed by atoms with Crippen LogP contribution in [0.5, 0.6) is 0 Å². The van der Waals surface area contributed by atoms with Crippen molar-refractivity contribution >= 4 is 29.0 Å². The zero-order valence-electron chi connectivity index (χ0n) is 19.0. The Balaban J connectivity index is 1.30. The summed E-state index contributed by atoms with van der Waals surface area (Å²) in [5.74, 6) is 1.85. The molecule has 1 fully saturated rings. The summed E-state index contributed by atoms with van der Waals surface area (Å²) in [4.78, 5) is 23.9. The van der Waals surface area contributed by atoms with E-state index in [4.69, 9.17) is 9.72 Å². The van der Waals surface area contributed by atoms with Gasteiger partial charge in [0.25, 0.3) is 0 Å². The van der Waals surface area contributed by atoms with E-state index in [1.807, 2.05) is 29.9 Å². The Kier molecular flexibility index (Phi) is 5.95. The van der Waals surface area contributed by atoms with E-state index in [-0.39, 0.29) is 11.8 Å². The van der Waals surface area contributed by atoms with E-state index >= 15 is 0 Å². The number of hydrogen-bond acceptors (Lipinski definition) is 7. The highest BCUT2D eigenvalue weighted by molar-refractivity contribution is 5.94. The highest BCUT2D eigenvalue weighted by atomic mass is 16.5. The largest absolute Gasteiger partial charge is 0.383 e. The fourth-order valence-electron chi connectivity index (χ4n) is 4.12. The quantitative estimate of drug-likeness (QED) is 0.519. The van der Waals surface area contributed by atoms with Gasteiger partial charge in [0, 0.05) is 49.3 Å². The van der Waals surface area contributed by atoms with Crippen molar-refractivity contribution in [3.8, 4) is 0 Å². The molecule has 172 valence electrons. The van der Waals surface area contributed by atoms with Crippen LogP contribution in [0.2, 0.25) is 0 Å². The molecule has 3 aromatic rings. The molecule has 0 atom stereocenters. The third-order valence-corrected chi connectivity index (χ3v) is 6.05. The molecule has 33 heavy (non-hydrogen) atoms. The molecule has 5 rings (SSSR count). The number of carbonyl (C=O) groups is 1. The van der Waals surface area contributed by atoms with Gasteiger partial charge in [0.2, 0.25) is 11.9 Å². The molecule has 1 aliphatic carbocycles. The number of anilines is 4. The number of fused-ring (bicyclic) bond motifs is 1. The zero-order valence-corrected chi connectivity index (χ0v) is 19.0. The molecule has 0 bridgehead atoms. The van der Waals surface area contributed by atoms with Crippen molar-refractivity contribution in [1.82, 2.24) is 19.7 Å². The van der Waals surface area contributed by atoms with Gasteiger partial charge in [-0.25, -0.2) is 4.98 Å². The van der Waals surface area contributed by atoms with Gasteiger partial charge in [0.05, 0.1) is 25.0 Å². The molecule has 9 nitrogen and oxygen atoms in total. The number of ether oxygens (including phenoxy) is 1. The molecule has 1 aromatic carbocycles. The summed E-state index contributed by atoms with van der Waals surface area (Å²) in [5.41, 5.74) is 5.02. The van der Waals surface area contributed by atoms with Crippen LogP contribution in [-0.4, -0.2) is 45.9 Å². The molecule has 2 N–H and O–H groups in total. The van der Waals surface area contributed by atoms with Crippen LogP contribution in [0.3, 0.4) is 0 Å². The molecule has 0 spiro atoms. The first-order chi connectivity index (χ1) is 16.1. The maximum absolute atomic E-state index is 12.1. The fraction of sp³-hybridized carbons (Fsp3) is 0.417. The molecular formula is C24H29N7O2. The van der Waals surface area contributed by atoms with E-state index < -0.39 is 0 Å². The Morgan fingerprint density at radius 1 is 1.24 bits per heavy atom. The van der Waals surface area contributed by atoms with Crippen LogP contribution >= 0.6 is 0 Å². The Hall–Kier alpha value is -3.46. The monoisotopic (exact) mass is 447 g/mol. The summed E-state index contributed by atoms with van der Waals surface area (Å²) in [5, 5.41) is 10.7. The molecular weight excluding hydrogens is 418 g/mol. The minimum Gasteiger partial charge on any atom is -0.383 e. The van der Waals surface area contributed by atoms with Crippen LogP contribution < -0.4 is 15.5 Å². The number of hydrogen-bond donors (Lipinski definition) is 2. The summed E-state index contributed by atoms with van der Waals surface area (Å²) in [7, 11) is 1.68. The summed E-state index contributed by atoms with van der Waals surface area (Å²) in [6.07, 6.45) is 6.61. The molecule has 9 heteroatoms. The SMILES string of the molecule is COCCn1cc(Nc2nc(C)c3c(n2)N(Cc2cccc(NC(=O)C4CC4)c2)CC3)cn1. The lowest BCUT2D eigenvalue weighted by Gasteiger charge is -2.20. The van der Waals surface area contributed by atoms with Crippen molar-refractivity contribution in [3.05, 3.63) is 53.5 Å². The van der Waals surface area contributed by atoms with Crippen LogP contribution in [0.25, 0.3) is 0 Å². The first-order valence-corrected chi connectivity index (χ1v) is 11.4. The summed E-state index contributed by atoms with van der Waals surface area (Å²) >= 11 is 0. The van der Waals surface area contributed by atoms with Gasteiger partial charge in [0.15, 0.2) is 0 Å². The van der Waals surface area contributed by atoms with Crippen molar-refractivity contribution in [1.29, 1.82) is 0 Å². The molecule has 0 radical (unpaired) electrons. The Morgan fingerprint density at radius 3 is 2.94 bits per heavy atom. The average molecular weight is 448 g/mol. The van der Waals surface area contributed by atoms with Crippen molar-refractivity contribution in [2.75, 3.05) is 35.8 Å². The molecule has 1 amide bonds. The number of rotatable bonds is 9. The topological polar surface area (TPSA) is 97.2 Å². The second-order valence-electron chi connectivity index (χ2n) is 8.68. The van der Waals surface area contributed by atoms with E-state index in [9.17, 15) is 4.79 Å². The second kappa shape index (κ2) is 9.19. The first kappa shape index (κ1) is 21.4. The number of nitrogens with one attached hydrogen (secondary N) is 2. The van der Waals surface area contributed by atoms with Crippen LogP contribution in [0.15, 0.2) is 36.7 Å². The van der Waals surface area contributed by atoms with Gasteiger partial charge < -0.3 is 20.3 Å². The standard InChI is InChI=1S/C24H29N7O2/c1-16-21-8-9-30(14-17-4-3-5-19(12-17)27-23(32)18-6-7-18)22(21)29-24(26-16)28-20-13-25-31(15-20)10-11-33-2/h3-5,12-13,15,18H,6-11,14H2,1-2H3,(H,27,32)(H,26,28,29). The Bertz CT molecular complexity index is 1160. The van der Waals surface area contributed by atoms with Gasteiger partial charge in [0.1, 0.15) is 5.82 Å². The third kappa shape index (κ3) is 4.98. The van der Waals surface area contributed by atoms with Crippen LogP contribution in [0.1, 0.15) is 29.7 Å². The predicted octanol–water partition coefficient (Wildman–Crippen LogP) is 3.28. The predicted molar refractivity (Wildman–Crippen MR) is 127 cm³/mol.